The molecule has 1 atom stereocenters. The summed E-state index contributed by atoms with van der Waals surface area (Å²) in [6, 6.07) is 0.710. The van der Waals surface area contributed by atoms with Gasteiger partial charge in [-0.3, -0.25) is 0 Å². The fourth-order valence-electron chi connectivity index (χ4n) is 1.67. The summed E-state index contributed by atoms with van der Waals surface area (Å²) in [5.41, 5.74) is 1.24. The highest BCUT2D eigenvalue weighted by atomic mass is 32.2. The molecule has 0 amide bonds. The summed E-state index contributed by atoms with van der Waals surface area (Å²) in [7, 11) is 0. The van der Waals surface area contributed by atoms with Gasteiger partial charge < -0.3 is 5.32 Å². The third kappa shape index (κ3) is 2.49. The van der Waals surface area contributed by atoms with Crippen molar-refractivity contribution in [2.24, 2.45) is 0 Å². The van der Waals surface area contributed by atoms with Crippen molar-refractivity contribution < 1.29 is 0 Å². The summed E-state index contributed by atoms with van der Waals surface area (Å²) in [6.45, 7) is 5.18. The average Bonchev–Trinajstić information content (AvgIpc) is 2.72. The molecule has 1 aromatic rings. The number of aromatic nitrogens is 1. The molecule has 1 aliphatic heterocycles. The Hall–Kier alpha value is -0.0600. The normalized spacial score (nSPS) is 21.7. The highest BCUT2D eigenvalue weighted by Crippen LogP contribution is 2.19. The number of nitrogens with one attached hydrogen (secondary N) is 1. The number of nitrogens with zero attached hydrogens (tertiary/aromatic N) is 1. The van der Waals surface area contributed by atoms with Crippen LogP contribution in [0.1, 0.15) is 22.0 Å². The van der Waals surface area contributed by atoms with Gasteiger partial charge in [-0.05, 0) is 26.0 Å². The minimum atomic E-state index is 0.710. The van der Waals surface area contributed by atoms with E-state index in [0.717, 1.165) is 6.54 Å². The van der Waals surface area contributed by atoms with Gasteiger partial charge in [0, 0.05) is 23.2 Å². The second kappa shape index (κ2) is 4.64. The van der Waals surface area contributed by atoms with Gasteiger partial charge in [-0.2, -0.15) is 11.8 Å². The molecule has 0 aromatic carbocycles. The largest absolute Gasteiger partial charge is 0.307 e. The SMILES string of the molecule is Cc1nc(CNC2CCSC2)c(C)s1. The summed E-state index contributed by atoms with van der Waals surface area (Å²) >= 11 is 3.84. The van der Waals surface area contributed by atoms with Crippen molar-refractivity contribution in [3.05, 3.63) is 15.6 Å². The van der Waals surface area contributed by atoms with E-state index in [1.165, 1.54) is 33.5 Å². The van der Waals surface area contributed by atoms with Gasteiger partial charge in [0.25, 0.3) is 0 Å². The molecule has 1 N–H and O–H groups in total. The average molecular weight is 228 g/mol. The van der Waals surface area contributed by atoms with Crippen LogP contribution in [0.2, 0.25) is 0 Å². The topological polar surface area (TPSA) is 24.9 Å². The molecule has 1 aromatic heterocycles. The van der Waals surface area contributed by atoms with Crippen LogP contribution in [-0.2, 0) is 6.54 Å². The van der Waals surface area contributed by atoms with E-state index in [1.807, 2.05) is 11.8 Å². The van der Waals surface area contributed by atoms with E-state index in [2.05, 4.69) is 24.1 Å². The second-order valence-electron chi connectivity index (χ2n) is 3.68. The molecular formula is C10H16N2S2. The third-order valence-corrected chi connectivity index (χ3v) is 4.58. The highest BCUT2D eigenvalue weighted by Gasteiger charge is 2.15. The maximum atomic E-state index is 4.52. The standard InChI is InChI=1S/C10H16N2S2/c1-7-10(12-8(2)14-7)5-11-9-3-4-13-6-9/h9,11H,3-6H2,1-2H3. The van der Waals surface area contributed by atoms with Gasteiger partial charge in [0.15, 0.2) is 0 Å². The molecule has 0 saturated carbocycles. The lowest BCUT2D eigenvalue weighted by Crippen LogP contribution is -2.28. The summed E-state index contributed by atoms with van der Waals surface area (Å²) in [6.07, 6.45) is 1.31. The predicted molar refractivity (Wildman–Crippen MR) is 64.2 cm³/mol. The zero-order valence-electron chi connectivity index (χ0n) is 8.67. The Morgan fingerprint density at radius 1 is 1.50 bits per heavy atom. The molecule has 1 unspecified atom stereocenters. The molecule has 2 rings (SSSR count). The van der Waals surface area contributed by atoms with E-state index in [9.17, 15) is 0 Å². The minimum absolute atomic E-state index is 0.710. The van der Waals surface area contributed by atoms with Crippen LogP contribution in [0.3, 0.4) is 0 Å². The van der Waals surface area contributed by atoms with Gasteiger partial charge in [0.2, 0.25) is 0 Å². The first-order valence-corrected chi connectivity index (χ1v) is 6.97. The Morgan fingerprint density at radius 3 is 2.93 bits per heavy atom. The van der Waals surface area contributed by atoms with Gasteiger partial charge in [-0.1, -0.05) is 0 Å². The summed E-state index contributed by atoms with van der Waals surface area (Å²) in [4.78, 5) is 5.88. The Kier molecular flexibility index (Phi) is 3.47. The lowest BCUT2D eigenvalue weighted by Gasteiger charge is -2.09. The molecule has 14 heavy (non-hydrogen) atoms. The van der Waals surface area contributed by atoms with Crippen molar-refractivity contribution in [2.75, 3.05) is 11.5 Å². The van der Waals surface area contributed by atoms with Crippen LogP contribution < -0.4 is 5.32 Å². The summed E-state index contributed by atoms with van der Waals surface area (Å²) in [5.74, 6) is 2.58. The molecule has 4 heteroatoms. The van der Waals surface area contributed by atoms with Crippen LogP contribution in [0.15, 0.2) is 0 Å². The van der Waals surface area contributed by atoms with Gasteiger partial charge in [-0.15, -0.1) is 11.3 Å². The van der Waals surface area contributed by atoms with Crippen molar-refractivity contribution in [1.29, 1.82) is 0 Å². The Labute approximate surface area is 93.5 Å². The zero-order valence-corrected chi connectivity index (χ0v) is 10.3. The van der Waals surface area contributed by atoms with Crippen LogP contribution in [0.4, 0.5) is 0 Å². The van der Waals surface area contributed by atoms with Crippen LogP contribution >= 0.6 is 23.1 Å². The molecule has 78 valence electrons. The smallest absolute Gasteiger partial charge is 0.0900 e. The van der Waals surface area contributed by atoms with E-state index < -0.39 is 0 Å². The molecule has 0 radical (unpaired) electrons. The lowest BCUT2D eigenvalue weighted by molar-refractivity contribution is 0.552. The van der Waals surface area contributed by atoms with Crippen molar-refractivity contribution in [2.45, 2.75) is 32.9 Å². The van der Waals surface area contributed by atoms with E-state index in [0.29, 0.717) is 6.04 Å². The van der Waals surface area contributed by atoms with Gasteiger partial charge in [0.05, 0.1) is 10.7 Å². The molecule has 0 bridgehead atoms. The first-order valence-electron chi connectivity index (χ1n) is 5.00. The second-order valence-corrected chi connectivity index (χ2v) is 6.23. The van der Waals surface area contributed by atoms with Gasteiger partial charge in [-0.25, -0.2) is 4.98 Å². The van der Waals surface area contributed by atoms with Gasteiger partial charge >= 0.3 is 0 Å². The number of hydrogen-bond donors (Lipinski definition) is 1. The molecule has 1 saturated heterocycles. The number of hydrogen-bond acceptors (Lipinski definition) is 4. The maximum absolute atomic E-state index is 4.52. The van der Waals surface area contributed by atoms with Crippen LogP contribution in [0.5, 0.6) is 0 Å². The van der Waals surface area contributed by atoms with E-state index in [1.54, 1.807) is 11.3 Å². The van der Waals surface area contributed by atoms with Crippen LogP contribution in [0.25, 0.3) is 0 Å². The first kappa shape index (κ1) is 10.5. The highest BCUT2D eigenvalue weighted by molar-refractivity contribution is 7.99. The molecule has 2 heterocycles. The number of aryl methyl sites for hydroxylation is 2. The van der Waals surface area contributed by atoms with Crippen molar-refractivity contribution in [1.82, 2.24) is 10.3 Å². The van der Waals surface area contributed by atoms with E-state index in [4.69, 9.17) is 0 Å². The molecule has 2 nitrogen and oxygen atoms in total. The predicted octanol–water partition coefficient (Wildman–Crippen LogP) is 2.36. The summed E-state index contributed by atoms with van der Waals surface area (Å²) in [5, 5.41) is 4.76. The number of thioether (sulfide) groups is 1. The fourth-order valence-corrected chi connectivity index (χ4v) is 3.69. The van der Waals surface area contributed by atoms with Crippen molar-refractivity contribution in [3.8, 4) is 0 Å². The zero-order chi connectivity index (χ0) is 9.97. The fraction of sp³-hybridized carbons (Fsp3) is 0.700. The Bertz CT molecular complexity index is 303. The van der Waals surface area contributed by atoms with Crippen molar-refractivity contribution >= 4 is 23.1 Å². The quantitative estimate of drug-likeness (QED) is 0.859. The van der Waals surface area contributed by atoms with E-state index >= 15 is 0 Å². The molecule has 0 aliphatic carbocycles. The minimum Gasteiger partial charge on any atom is -0.307 e. The maximum Gasteiger partial charge on any atom is 0.0900 e. The van der Waals surface area contributed by atoms with E-state index in [-0.39, 0.29) is 0 Å². The first-order chi connectivity index (χ1) is 6.75. The molecule has 0 spiro atoms. The van der Waals surface area contributed by atoms with Crippen molar-refractivity contribution in [3.63, 3.8) is 0 Å². The number of rotatable bonds is 3. The summed E-state index contributed by atoms with van der Waals surface area (Å²) < 4.78 is 0. The Morgan fingerprint density at radius 2 is 2.36 bits per heavy atom. The van der Waals surface area contributed by atoms with Crippen LogP contribution in [-0.4, -0.2) is 22.5 Å². The number of thiazole rings is 1. The Balaban J connectivity index is 1.87. The lowest BCUT2D eigenvalue weighted by atomic mass is 10.2. The van der Waals surface area contributed by atoms with Gasteiger partial charge in [0.1, 0.15) is 0 Å². The van der Waals surface area contributed by atoms with Crippen LogP contribution in [0, 0.1) is 13.8 Å². The molecular weight excluding hydrogens is 212 g/mol. The third-order valence-electron chi connectivity index (χ3n) is 2.49. The monoisotopic (exact) mass is 228 g/mol. The molecule has 1 aliphatic rings. The molecule has 1 fully saturated rings.